The number of nitrogens with zero attached hydrogens (tertiary/aromatic N) is 2. The van der Waals surface area contributed by atoms with Gasteiger partial charge in [0.2, 0.25) is 0 Å². The Morgan fingerprint density at radius 1 is 1.03 bits per heavy atom. The van der Waals surface area contributed by atoms with Crippen molar-refractivity contribution in [2.45, 2.75) is 46.0 Å². The maximum absolute atomic E-state index is 13.7. The summed E-state index contributed by atoms with van der Waals surface area (Å²) in [5, 5.41) is 14.5. The standard InChI is InChI=1S/C28H25N3OS/c1-17-12-14-19(15-13-17)26-18(2)25(21-9-6-7-10-23(21)30-26)27(32)31-28-22(16-29)20-8-4-3-5-11-24(20)33-28/h6-7,9-10,12-15H,3-5,8,11H2,1-2H3,(H,31,32). The van der Waals surface area contributed by atoms with Gasteiger partial charge >= 0.3 is 0 Å². The number of hydrogen-bond donors (Lipinski definition) is 1. The van der Waals surface area contributed by atoms with Crippen LogP contribution in [0.3, 0.4) is 0 Å². The van der Waals surface area contributed by atoms with Crippen LogP contribution < -0.4 is 5.32 Å². The van der Waals surface area contributed by atoms with Crippen molar-refractivity contribution in [2.24, 2.45) is 0 Å². The van der Waals surface area contributed by atoms with E-state index in [-0.39, 0.29) is 5.91 Å². The van der Waals surface area contributed by atoms with E-state index in [2.05, 4.69) is 30.4 Å². The first-order valence-electron chi connectivity index (χ1n) is 11.4. The molecule has 0 saturated carbocycles. The average Bonchev–Trinajstić information content (AvgIpc) is 2.97. The molecule has 0 fully saturated rings. The van der Waals surface area contributed by atoms with Gasteiger partial charge in [-0.05, 0) is 56.7 Å². The Morgan fingerprint density at radius 3 is 2.58 bits per heavy atom. The number of carbonyl (C=O) groups is 1. The Balaban J connectivity index is 1.61. The lowest BCUT2D eigenvalue weighted by molar-refractivity contribution is 0.102. The summed E-state index contributed by atoms with van der Waals surface area (Å²) in [6.45, 7) is 4.01. The number of rotatable bonds is 3. The SMILES string of the molecule is Cc1ccc(-c2nc3ccccc3c(C(=O)Nc3sc4c(c3C#N)CCCCC4)c2C)cc1. The van der Waals surface area contributed by atoms with E-state index < -0.39 is 0 Å². The lowest BCUT2D eigenvalue weighted by Gasteiger charge is -2.15. The first-order valence-corrected chi connectivity index (χ1v) is 12.2. The van der Waals surface area contributed by atoms with E-state index in [1.54, 1.807) is 11.3 Å². The van der Waals surface area contributed by atoms with E-state index in [9.17, 15) is 10.1 Å². The quantitative estimate of drug-likeness (QED) is 0.342. The Kier molecular flexibility index (Phi) is 5.70. The van der Waals surface area contributed by atoms with Gasteiger partial charge in [0.15, 0.2) is 0 Å². The summed E-state index contributed by atoms with van der Waals surface area (Å²) in [6.07, 6.45) is 5.33. The fourth-order valence-electron chi connectivity index (χ4n) is 4.71. The van der Waals surface area contributed by atoms with Gasteiger partial charge in [0.25, 0.3) is 5.91 Å². The molecule has 1 aliphatic rings. The van der Waals surface area contributed by atoms with E-state index >= 15 is 0 Å². The van der Waals surface area contributed by atoms with Crippen molar-refractivity contribution in [3.63, 3.8) is 0 Å². The van der Waals surface area contributed by atoms with Crippen LogP contribution in [0, 0.1) is 25.2 Å². The normalized spacial score (nSPS) is 13.2. The number of hydrogen-bond acceptors (Lipinski definition) is 4. The number of pyridine rings is 1. The molecule has 2 heterocycles. The minimum Gasteiger partial charge on any atom is -0.312 e. The Labute approximate surface area is 197 Å². The molecule has 4 aromatic rings. The number of benzene rings is 2. The molecule has 2 aromatic heterocycles. The molecule has 0 aliphatic heterocycles. The smallest absolute Gasteiger partial charge is 0.257 e. The van der Waals surface area contributed by atoms with Crippen LogP contribution in [0.4, 0.5) is 5.00 Å². The topological polar surface area (TPSA) is 65.8 Å². The summed E-state index contributed by atoms with van der Waals surface area (Å²) >= 11 is 1.57. The number of nitriles is 1. The van der Waals surface area contributed by atoms with Crippen molar-refractivity contribution in [2.75, 3.05) is 5.32 Å². The van der Waals surface area contributed by atoms with Crippen LogP contribution in [0.15, 0.2) is 48.5 Å². The van der Waals surface area contributed by atoms with Crippen molar-refractivity contribution in [3.8, 4) is 17.3 Å². The molecule has 0 radical (unpaired) electrons. The van der Waals surface area contributed by atoms with Crippen LogP contribution in [-0.2, 0) is 12.8 Å². The third-order valence-electron chi connectivity index (χ3n) is 6.45. The first kappa shape index (κ1) is 21.4. The fraction of sp³-hybridized carbons (Fsp3) is 0.250. The predicted molar refractivity (Wildman–Crippen MR) is 135 cm³/mol. The lowest BCUT2D eigenvalue weighted by atomic mass is 9.96. The molecule has 1 N–H and O–H groups in total. The monoisotopic (exact) mass is 451 g/mol. The summed E-state index contributed by atoms with van der Waals surface area (Å²) in [7, 11) is 0. The molecular weight excluding hydrogens is 426 g/mol. The molecule has 5 rings (SSSR count). The van der Waals surface area contributed by atoms with Gasteiger partial charge in [-0.25, -0.2) is 4.98 Å². The van der Waals surface area contributed by atoms with Gasteiger partial charge in [0.05, 0.1) is 22.3 Å². The number of anilines is 1. The van der Waals surface area contributed by atoms with Gasteiger partial charge in [-0.3, -0.25) is 4.79 Å². The molecule has 2 aromatic carbocycles. The van der Waals surface area contributed by atoms with Crippen LogP contribution in [0.25, 0.3) is 22.2 Å². The van der Waals surface area contributed by atoms with Gasteiger partial charge in [0.1, 0.15) is 11.1 Å². The highest BCUT2D eigenvalue weighted by molar-refractivity contribution is 7.16. The van der Waals surface area contributed by atoms with Crippen LogP contribution in [0.5, 0.6) is 0 Å². The number of thiophene rings is 1. The summed E-state index contributed by atoms with van der Waals surface area (Å²) in [5.41, 5.74) is 6.98. The van der Waals surface area contributed by atoms with Crippen LogP contribution in [0.1, 0.15) is 56.8 Å². The van der Waals surface area contributed by atoms with E-state index in [1.807, 2.05) is 43.3 Å². The zero-order valence-corrected chi connectivity index (χ0v) is 19.7. The van der Waals surface area contributed by atoms with Crippen molar-refractivity contribution < 1.29 is 4.79 Å². The van der Waals surface area contributed by atoms with Crippen LogP contribution in [-0.4, -0.2) is 10.9 Å². The van der Waals surface area contributed by atoms with Crippen molar-refractivity contribution >= 4 is 33.1 Å². The molecule has 33 heavy (non-hydrogen) atoms. The molecule has 5 heteroatoms. The van der Waals surface area contributed by atoms with Crippen LogP contribution in [0.2, 0.25) is 0 Å². The first-order chi connectivity index (χ1) is 16.1. The highest BCUT2D eigenvalue weighted by Gasteiger charge is 2.24. The molecule has 164 valence electrons. The highest BCUT2D eigenvalue weighted by atomic mass is 32.1. The average molecular weight is 452 g/mol. The maximum atomic E-state index is 13.7. The number of aromatic nitrogens is 1. The Hall–Kier alpha value is -3.49. The number of carbonyl (C=O) groups excluding carboxylic acids is 1. The minimum absolute atomic E-state index is 0.188. The number of fused-ring (bicyclic) bond motifs is 2. The molecule has 0 atom stereocenters. The van der Waals surface area contributed by atoms with E-state index in [0.717, 1.165) is 59.0 Å². The summed E-state index contributed by atoms with van der Waals surface area (Å²) < 4.78 is 0. The highest BCUT2D eigenvalue weighted by Crippen LogP contribution is 2.38. The van der Waals surface area contributed by atoms with Gasteiger partial charge in [0, 0.05) is 15.8 Å². The van der Waals surface area contributed by atoms with E-state index in [1.165, 1.54) is 16.9 Å². The van der Waals surface area contributed by atoms with E-state index in [0.29, 0.717) is 16.1 Å². The minimum atomic E-state index is -0.188. The molecule has 1 aliphatic carbocycles. The second-order valence-corrected chi connectivity index (χ2v) is 9.78. The second kappa shape index (κ2) is 8.80. The maximum Gasteiger partial charge on any atom is 0.257 e. The predicted octanol–water partition coefficient (Wildman–Crippen LogP) is 6.97. The number of para-hydroxylation sites is 1. The van der Waals surface area contributed by atoms with Gasteiger partial charge in [-0.2, -0.15) is 5.26 Å². The molecule has 0 spiro atoms. The van der Waals surface area contributed by atoms with E-state index in [4.69, 9.17) is 4.98 Å². The summed E-state index contributed by atoms with van der Waals surface area (Å²) in [5.74, 6) is -0.188. The molecule has 0 bridgehead atoms. The zero-order valence-electron chi connectivity index (χ0n) is 18.9. The largest absolute Gasteiger partial charge is 0.312 e. The van der Waals surface area contributed by atoms with Crippen molar-refractivity contribution in [3.05, 3.63) is 81.2 Å². The summed E-state index contributed by atoms with van der Waals surface area (Å²) in [6, 6.07) is 18.3. The number of nitrogens with one attached hydrogen (secondary N) is 1. The summed E-state index contributed by atoms with van der Waals surface area (Å²) in [4.78, 5) is 19.8. The van der Waals surface area contributed by atoms with Crippen LogP contribution >= 0.6 is 11.3 Å². The number of amides is 1. The Morgan fingerprint density at radius 2 is 1.79 bits per heavy atom. The molecule has 0 saturated heterocycles. The Bertz CT molecular complexity index is 1410. The molecule has 1 amide bonds. The third-order valence-corrected chi connectivity index (χ3v) is 7.66. The second-order valence-electron chi connectivity index (χ2n) is 8.68. The fourth-order valence-corrected chi connectivity index (χ4v) is 5.94. The van der Waals surface area contributed by atoms with Crippen molar-refractivity contribution in [1.82, 2.24) is 4.98 Å². The zero-order chi connectivity index (χ0) is 22.9. The number of aryl methyl sites for hydroxylation is 2. The third kappa shape index (κ3) is 3.92. The lowest BCUT2D eigenvalue weighted by Crippen LogP contribution is -2.15. The molecular formula is C28H25N3OS. The van der Waals surface area contributed by atoms with Gasteiger partial charge < -0.3 is 5.32 Å². The molecule has 0 unspecified atom stereocenters. The van der Waals surface area contributed by atoms with Gasteiger partial charge in [-0.1, -0.05) is 54.4 Å². The van der Waals surface area contributed by atoms with Gasteiger partial charge in [-0.15, -0.1) is 11.3 Å². The van der Waals surface area contributed by atoms with Crippen molar-refractivity contribution in [1.29, 1.82) is 5.26 Å². The molecule has 4 nitrogen and oxygen atoms in total.